The van der Waals surface area contributed by atoms with Crippen LogP contribution >= 0.6 is 15.9 Å². The van der Waals surface area contributed by atoms with E-state index in [1.807, 2.05) is 12.1 Å². The minimum atomic E-state index is 0.494. The van der Waals surface area contributed by atoms with Gasteiger partial charge >= 0.3 is 0 Å². The number of aliphatic imine (C=N–C) groups is 1. The molecule has 0 atom stereocenters. The predicted molar refractivity (Wildman–Crippen MR) is 84.2 cm³/mol. The van der Waals surface area contributed by atoms with Gasteiger partial charge in [-0.25, -0.2) is 4.99 Å². The highest BCUT2D eigenvalue weighted by Crippen LogP contribution is 2.20. The van der Waals surface area contributed by atoms with Gasteiger partial charge in [-0.1, -0.05) is 29.8 Å². The van der Waals surface area contributed by atoms with E-state index < -0.39 is 0 Å². The SMILES string of the molecule is CC(C)CNC(N)=NCc1cc2cc(Br)ccc2[nH]1. The molecule has 4 N–H and O–H groups in total. The van der Waals surface area contributed by atoms with Gasteiger partial charge in [0.05, 0.1) is 6.54 Å². The number of nitrogens with two attached hydrogens (primary N) is 1. The average molecular weight is 323 g/mol. The van der Waals surface area contributed by atoms with Crippen molar-refractivity contribution in [2.24, 2.45) is 16.6 Å². The lowest BCUT2D eigenvalue weighted by Gasteiger charge is -2.07. The summed E-state index contributed by atoms with van der Waals surface area (Å²) in [4.78, 5) is 7.66. The van der Waals surface area contributed by atoms with E-state index in [9.17, 15) is 0 Å². The molecule has 1 heterocycles. The third-order valence-electron chi connectivity index (χ3n) is 2.75. The Hall–Kier alpha value is -1.49. The van der Waals surface area contributed by atoms with E-state index >= 15 is 0 Å². The van der Waals surface area contributed by atoms with E-state index in [0.29, 0.717) is 18.4 Å². The van der Waals surface area contributed by atoms with Gasteiger partial charge in [-0.2, -0.15) is 0 Å². The first-order valence-electron chi connectivity index (χ1n) is 6.35. The summed E-state index contributed by atoms with van der Waals surface area (Å²) in [6.45, 7) is 5.67. The van der Waals surface area contributed by atoms with E-state index in [-0.39, 0.29) is 0 Å². The summed E-state index contributed by atoms with van der Waals surface area (Å²) in [5.74, 6) is 1.05. The van der Waals surface area contributed by atoms with Crippen LogP contribution in [0, 0.1) is 5.92 Å². The zero-order valence-electron chi connectivity index (χ0n) is 11.2. The standard InChI is InChI=1S/C14H19BrN4/c1-9(2)7-17-14(16)18-8-12-6-10-5-11(15)3-4-13(10)19-12/h3-6,9,19H,7-8H2,1-2H3,(H3,16,17,18). The number of hydrogen-bond donors (Lipinski definition) is 3. The summed E-state index contributed by atoms with van der Waals surface area (Å²) in [7, 11) is 0. The minimum Gasteiger partial charge on any atom is -0.370 e. The fraction of sp³-hybridized carbons (Fsp3) is 0.357. The molecule has 4 nitrogen and oxygen atoms in total. The van der Waals surface area contributed by atoms with Gasteiger partial charge < -0.3 is 16.0 Å². The Balaban J connectivity index is 2.03. The molecule has 0 aliphatic rings. The quantitative estimate of drug-likeness (QED) is 0.598. The number of fused-ring (bicyclic) bond motifs is 1. The summed E-state index contributed by atoms with van der Waals surface area (Å²) < 4.78 is 1.08. The molecule has 102 valence electrons. The fourth-order valence-electron chi connectivity index (χ4n) is 1.78. The average Bonchev–Trinajstić information content (AvgIpc) is 2.75. The molecule has 0 fully saturated rings. The molecule has 2 aromatic rings. The number of nitrogens with zero attached hydrogens (tertiary/aromatic N) is 1. The number of hydrogen-bond acceptors (Lipinski definition) is 1. The highest BCUT2D eigenvalue weighted by Gasteiger charge is 2.01. The Morgan fingerprint density at radius 3 is 2.95 bits per heavy atom. The monoisotopic (exact) mass is 322 g/mol. The van der Waals surface area contributed by atoms with Crippen molar-refractivity contribution in [1.82, 2.24) is 10.3 Å². The van der Waals surface area contributed by atoms with E-state index in [0.717, 1.165) is 22.2 Å². The van der Waals surface area contributed by atoms with Gasteiger partial charge in [0.1, 0.15) is 0 Å². The normalized spacial score (nSPS) is 12.3. The van der Waals surface area contributed by atoms with Crippen LogP contribution in [0.3, 0.4) is 0 Å². The van der Waals surface area contributed by atoms with Crippen LogP contribution in [-0.2, 0) is 6.54 Å². The third-order valence-corrected chi connectivity index (χ3v) is 3.24. The Morgan fingerprint density at radius 1 is 1.42 bits per heavy atom. The molecule has 0 radical (unpaired) electrons. The molecule has 0 aliphatic heterocycles. The number of rotatable bonds is 4. The van der Waals surface area contributed by atoms with Crippen LogP contribution in [0.1, 0.15) is 19.5 Å². The summed E-state index contributed by atoms with van der Waals surface area (Å²) in [5.41, 5.74) is 7.98. The number of aromatic amines is 1. The van der Waals surface area contributed by atoms with Gasteiger partial charge in [-0.05, 0) is 30.2 Å². The van der Waals surface area contributed by atoms with Crippen molar-refractivity contribution in [3.05, 3.63) is 34.4 Å². The Labute approximate surface area is 121 Å². The number of guanidine groups is 1. The number of halogens is 1. The zero-order valence-corrected chi connectivity index (χ0v) is 12.8. The maximum Gasteiger partial charge on any atom is 0.188 e. The molecule has 0 spiro atoms. The molecular formula is C14H19BrN4. The van der Waals surface area contributed by atoms with E-state index in [2.05, 4.69) is 57.2 Å². The van der Waals surface area contributed by atoms with Crippen molar-refractivity contribution < 1.29 is 0 Å². The van der Waals surface area contributed by atoms with Gasteiger partial charge in [0, 0.05) is 27.6 Å². The fourth-order valence-corrected chi connectivity index (χ4v) is 2.16. The lowest BCUT2D eigenvalue weighted by atomic mass is 10.2. The molecule has 0 bridgehead atoms. The first kappa shape index (κ1) is 13.9. The van der Waals surface area contributed by atoms with Gasteiger partial charge in [0.25, 0.3) is 0 Å². The van der Waals surface area contributed by atoms with Gasteiger partial charge in [-0.3, -0.25) is 0 Å². The molecular weight excluding hydrogens is 304 g/mol. The Kier molecular flexibility index (Phi) is 4.47. The molecule has 2 rings (SSSR count). The molecule has 1 aromatic heterocycles. The number of nitrogens with one attached hydrogen (secondary N) is 2. The van der Waals surface area contributed by atoms with Gasteiger partial charge in [0.2, 0.25) is 0 Å². The molecule has 5 heteroatoms. The second-order valence-corrected chi connectivity index (χ2v) is 5.92. The molecule has 0 saturated carbocycles. The highest BCUT2D eigenvalue weighted by atomic mass is 79.9. The topological polar surface area (TPSA) is 66.2 Å². The van der Waals surface area contributed by atoms with Crippen LogP contribution in [0.2, 0.25) is 0 Å². The van der Waals surface area contributed by atoms with Crippen molar-refractivity contribution >= 4 is 32.8 Å². The molecule has 19 heavy (non-hydrogen) atoms. The zero-order chi connectivity index (χ0) is 13.8. The highest BCUT2D eigenvalue weighted by molar-refractivity contribution is 9.10. The van der Waals surface area contributed by atoms with Crippen LogP contribution in [-0.4, -0.2) is 17.5 Å². The third kappa shape index (κ3) is 3.99. The van der Waals surface area contributed by atoms with Crippen LogP contribution in [0.15, 0.2) is 33.7 Å². The number of benzene rings is 1. The lowest BCUT2D eigenvalue weighted by molar-refractivity contribution is 0.621. The maximum atomic E-state index is 5.81. The summed E-state index contributed by atoms with van der Waals surface area (Å²) in [6, 6.07) is 8.25. The second kappa shape index (κ2) is 6.10. The lowest BCUT2D eigenvalue weighted by Crippen LogP contribution is -2.34. The van der Waals surface area contributed by atoms with Crippen molar-refractivity contribution in [2.75, 3.05) is 6.54 Å². The van der Waals surface area contributed by atoms with Crippen molar-refractivity contribution in [2.45, 2.75) is 20.4 Å². The smallest absolute Gasteiger partial charge is 0.188 e. The summed E-state index contributed by atoms with van der Waals surface area (Å²) in [5, 5.41) is 4.28. The second-order valence-electron chi connectivity index (χ2n) is 5.00. The van der Waals surface area contributed by atoms with Crippen LogP contribution in [0.5, 0.6) is 0 Å². The van der Waals surface area contributed by atoms with Crippen LogP contribution < -0.4 is 11.1 Å². The minimum absolute atomic E-state index is 0.494. The Bertz CT molecular complexity index is 586. The van der Waals surface area contributed by atoms with Crippen molar-refractivity contribution in [3.8, 4) is 0 Å². The van der Waals surface area contributed by atoms with E-state index in [1.165, 1.54) is 5.39 Å². The molecule has 0 amide bonds. The molecule has 0 saturated heterocycles. The van der Waals surface area contributed by atoms with E-state index in [1.54, 1.807) is 0 Å². The van der Waals surface area contributed by atoms with E-state index in [4.69, 9.17) is 5.73 Å². The van der Waals surface area contributed by atoms with Crippen LogP contribution in [0.25, 0.3) is 10.9 Å². The molecule has 1 aromatic carbocycles. The number of H-pyrrole nitrogens is 1. The number of aromatic nitrogens is 1. The summed E-state index contributed by atoms with van der Waals surface area (Å²) in [6.07, 6.45) is 0. The predicted octanol–water partition coefficient (Wildman–Crippen LogP) is 2.99. The molecule has 0 unspecified atom stereocenters. The Morgan fingerprint density at radius 2 is 2.21 bits per heavy atom. The first-order valence-corrected chi connectivity index (χ1v) is 7.15. The van der Waals surface area contributed by atoms with Crippen molar-refractivity contribution in [3.63, 3.8) is 0 Å². The van der Waals surface area contributed by atoms with Crippen molar-refractivity contribution in [1.29, 1.82) is 0 Å². The first-order chi connectivity index (χ1) is 9.04. The molecule has 0 aliphatic carbocycles. The van der Waals surface area contributed by atoms with Crippen LogP contribution in [0.4, 0.5) is 0 Å². The largest absolute Gasteiger partial charge is 0.370 e. The summed E-state index contributed by atoms with van der Waals surface area (Å²) >= 11 is 3.47. The maximum absolute atomic E-state index is 5.81. The van der Waals surface area contributed by atoms with Gasteiger partial charge in [0.15, 0.2) is 5.96 Å². The van der Waals surface area contributed by atoms with Gasteiger partial charge in [-0.15, -0.1) is 0 Å².